The Morgan fingerprint density at radius 3 is 3.08 bits per heavy atom. The van der Waals surface area contributed by atoms with Gasteiger partial charge >= 0.3 is 0 Å². The molecule has 2 rings (SSSR count). The zero-order valence-corrected chi connectivity index (χ0v) is 7.54. The van der Waals surface area contributed by atoms with Crippen LogP contribution < -0.4 is 4.74 Å². The molecule has 0 saturated carbocycles. The molecule has 68 valence electrons. The third-order valence-corrected chi connectivity index (χ3v) is 2.05. The molecule has 0 unspecified atom stereocenters. The maximum Gasteiger partial charge on any atom is 0.213 e. The average molecular weight is 177 g/mol. The normalized spacial score (nSPS) is 15.3. The van der Waals surface area contributed by atoms with Crippen LogP contribution in [-0.2, 0) is 11.3 Å². The van der Waals surface area contributed by atoms with Crippen LogP contribution in [0.25, 0.3) is 5.57 Å². The lowest BCUT2D eigenvalue weighted by Gasteiger charge is -2.17. The van der Waals surface area contributed by atoms with Gasteiger partial charge in [-0.2, -0.15) is 0 Å². The molecule has 0 atom stereocenters. The first kappa shape index (κ1) is 8.26. The number of pyridine rings is 1. The van der Waals surface area contributed by atoms with Crippen molar-refractivity contribution in [3.63, 3.8) is 0 Å². The van der Waals surface area contributed by atoms with Crippen LogP contribution in [0.2, 0.25) is 0 Å². The SMILES string of the molecule is C=C1COCc2nc(OC)ccc21. The summed E-state index contributed by atoms with van der Waals surface area (Å²) in [5.74, 6) is 0.622. The number of hydrogen-bond donors (Lipinski definition) is 0. The molecule has 0 aromatic carbocycles. The van der Waals surface area contributed by atoms with Crippen molar-refractivity contribution in [2.45, 2.75) is 6.61 Å². The lowest BCUT2D eigenvalue weighted by Crippen LogP contribution is -2.10. The van der Waals surface area contributed by atoms with Crippen molar-refractivity contribution >= 4 is 5.57 Å². The Balaban J connectivity index is 2.45. The Hall–Kier alpha value is -1.35. The standard InChI is InChI=1S/C10H11NO2/c1-7-5-13-6-9-8(7)3-4-10(11-9)12-2/h3-4H,1,5-6H2,2H3. The summed E-state index contributed by atoms with van der Waals surface area (Å²) in [6, 6.07) is 3.82. The molecule has 13 heavy (non-hydrogen) atoms. The van der Waals surface area contributed by atoms with Gasteiger partial charge in [0.1, 0.15) is 0 Å². The van der Waals surface area contributed by atoms with E-state index in [1.54, 1.807) is 7.11 Å². The highest BCUT2D eigenvalue weighted by Crippen LogP contribution is 2.24. The van der Waals surface area contributed by atoms with Crippen LogP contribution in [0.1, 0.15) is 11.3 Å². The highest BCUT2D eigenvalue weighted by Gasteiger charge is 2.14. The molecule has 1 aliphatic rings. The molecule has 0 aliphatic carbocycles. The Labute approximate surface area is 77.0 Å². The lowest BCUT2D eigenvalue weighted by atomic mass is 10.1. The molecule has 1 aromatic heterocycles. The molecule has 3 nitrogen and oxygen atoms in total. The summed E-state index contributed by atoms with van der Waals surface area (Å²) in [5, 5.41) is 0. The third-order valence-electron chi connectivity index (χ3n) is 2.05. The molecule has 1 aliphatic heterocycles. The van der Waals surface area contributed by atoms with Gasteiger partial charge in [-0.25, -0.2) is 4.98 Å². The summed E-state index contributed by atoms with van der Waals surface area (Å²) in [4.78, 5) is 4.27. The molecule has 0 radical (unpaired) electrons. The quantitative estimate of drug-likeness (QED) is 0.653. The molecule has 0 amide bonds. The third kappa shape index (κ3) is 1.42. The van der Waals surface area contributed by atoms with Crippen molar-refractivity contribution in [3.8, 4) is 5.88 Å². The van der Waals surface area contributed by atoms with E-state index in [0.717, 1.165) is 16.8 Å². The zero-order chi connectivity index (χ0) is 9.26. The van der Waals surface area contributed by atoms with Crippen molar-refractivity contribution in [3.05, 3.63) is 30.0 Å². The van der Waals surface area contributed by atoms with Gasteiger partial charge in [0.2, 0.25) is 5.88 Å². The van der Waals surface area contributed by atoms with Gasteiger partial charge in [-0.1, -0.05) is 6.58 Å². The molecule has 0 N–H and O–H groups in total. The number of methoxy groups -OCH3 is 1. The van der Waals surface area contributed by atoms with E-state index in [1.807, 2.05) is 12.1 Å². The topological polar surface area (TPSA) is 31.4 Å². The molecular weight excluding hydrogens is 166 g/mol. The minimum absolute atomic E-state index is 0.547. The summed E-state index contributed by atoms with van der Waals surface area (Å²) in [5.41, 5.74) is 2.99. The average Bonchev–Trinajstić information content (AvgIpc) is 2.18. The van der Waals surface area contributed by atoms with E-state index >= 15 is 0 Å². The largest absolute Gasteiger partial charge is 0.481 e. The molecule has 2 heterocycles. The molecule has 1 aromatic rings. The Kier molecular flexibility index (Phi) is 2.02. The number of nitrogens with zero attached hydrogens (tertiary/aromatic N) is 1. The van der Waals surface area contributed by atoms with Crippen LogP contribution in [-0.4, -0.2) is 18.7 Å². The van der Waals surface area contributed by atoms with Crippen LogP contribution in [0.3, 0.4) is 0 Å². The molecule has 0 spiro atoms. The monoisotopic (exact) mass is 177 g/mol. The van der Waals surface area contributed by atoms with Crippen LogP contribution in [0.4, 0.5) is 0 Å². The van der Waals surface area contributed by atoms with Crippen molar-refractivity contribution in [1.82, 2.24) is 4.98 Å². The summed E-state index contributed by atoms with van der Waals surface area (Å²) in [6.07, 6.45) is 0. The van der Waals surface area contributed by atoms with Crippen LogP contribution in [0, 0.1) is 0 Å². The Morgan fingerprint density at radius 1 is 1.46 bits per heavy atom. The fourth-order valence-corrected chi connectivity index (χ4v) is 1.38. The van der Waals surface area contributed by atoms with Crippen molar-refractivity contribution < 1.29 is 9.47 Å². The van der Waals surface area contributed by atoms with Crippen molar-refractivity contribution in [1.29, 1.82) is 0 Å². The van der Waals surface area contributed by atoms with E-state index in [4.69, 9.17) is 9.47 Å². The van der Waals surface area contributed by atoms with E-state index in [1.165, 1.54) is 0 Å². The van der Waals surface area contributed by atoms with Gasteiger partial charge in [-0.05, 0) is 11.6 Å². The van der Waals surface area contributed by atoms with E-state index in [0.29, 0.717) is 19.1 Å². The number of ether oxygens (including phenoxy) is 2. The molecule has 3 heteroatoms. The maximum atomic E-state index is 5.29. The van der Waals surface area contributed by atoms with E-state index < -0.39 is 0 Å². The summed E-state index contributed by atoms with van der Waals surface area (Å²) in [6.45, 7) is 5.05. The second-order valence-corrected chi connectivity index (χ2v) is 2.94. The first-order chi connectivity index (χ1) is 6.31. The predicted molar refractivity (Wildman–Crippen MR) is 49.5 cm³/mol. The summed E-state index contributed by atoms with van der Waals surface area (Å²) in [7, 11) is 1.60. The first-order valence-corrected chi connectivity index (χ1v) is 4.11. The van der Waals surface area contributed by atoms with Crippen LogP contribution in [0.5, 0.6) is 5.88 Å². The van der Waals surface area contributed by atoms with Crippen LogP contribution in [0.15, 0.2) is 18.7 Å². The van der Waals surface area contributed by atoms with Gasteiger partial charge in [0.05, 0.1) is 26.0 Å². The first-order valence-electron chi connectivity index (χ1n) is 4.11. The number of rotatable bonds is 1. The number of hydrogen-bond acceptors (Lipinski definition) is 3. The smallest absolute Gasteiger partial charge is 0.213 e. The van der Waals surface area contributed by atoms with Gasteiger partial charge in [-0.3, -0.25) is 0 Å². The van der Waals surface area contributed by atoms with Gasteiger partial charge in [0, 0.05) is 11.6 Å². The van der Waals surface area contributed by atoms with E-state index in [-0.39, 0.29) is 0 Å². The minimum atomic E-state index is 0.547. The highest BCUT2D eigenvalue weighted by molar-refractivity contribution is 5.67. The second-order valence-electron chi connectivity index (χ2n) is 2.94. The lowest BCUT2D eigenvalue weighted by molar-refractivity contribution is 0.142. The minimum Gasteiger partial charge on any atom is -0.481 e. The second kappa shape index (κ2) is 3.18. The summed E-state index contributed by atoms with van der Waals surface area (Å²) < 4.78 is 10.3. The van der Waals surface area contributed by atoms with Gasteiger partial charge in [-0.15, -0.1) is 0 Å². The van der Waals surface area contributed by atoms with Crippen molar-refractivity contribution in [2.24, 2.45) is 0 Å². The van der Waals surface area contributed by atoms with E-state index in [9.17, 15) is 0 Å². The Morgan fingerprint density at radius 2 is 2.31 bits per heavy atom. The van der Waals surface area contributed by atoms with Gasteiger partial charge in [0.25, 0.3) is 0 Å². The predicted octanol–water partition coefficient (Wildman–Crippen LogP) is 1.63. The fourth-order valence-electron chi connectivity index (χ4n) is 1.38. The molecular formula is C10H11NO2. The summed E-state index contributed by atoms with van der Waals surface area (Å²) >= 11 is 0. The molecule has 0 saturated heterocycles. The Bertz CT molecular complexity index is 347. The van der Waals surface area contributed by atoms with Gasteiger partial charge < -0.3 is 9.47 Å². The zero-order valence-electron chi connectivity index (χ0n) is 7.54. The van der Waals surface area contributed by atoms with Gasteiger partial charge in [0.15, 0.2) is 0 Å². The van der Waals surface area contributed by atoms with Crippen molar-refractivity contribution in [2.75, 3.05) is 13.7 Å². The van der Waals surface area contributed by atoms with Crippen LogP contribution >= 0.6 is 0 Å². The number of fused-ring (bicyclic) bond motifs is 1. The highest BCUT2D eigenvalue weighted by atomic mass is 16.5. The van der Waals surface area contributed by atoms with E-state index in [2.05, 4.69) is 11.6 Å². The molecule has 0 bridgehead atoms. The molecule has 0 fully saturated rings. The fraction of sp³-hybridized carbons (Fsp3) is 0.300. The maximum absolute atomic E-state index is 5.29. The number of aromatic nitrogens is 1.